The van der Waals surface area contributed by atoms with Gasteiger partial charge in [-0.15, -0.1) is 0 Å². The lowest BCUT2D eigenvalue weighted by molar-refractivity contribution is 0.409. The molecule has 1 aromatic heterocycles. The Morgan fingerprint density at radius 3 is 2.27 bits per heavy atom. The average molecular weight is 204 g/mol. The predicted octanol–water partition coefficient (Wildman–Crippen LogP) is 2.96. The highest BCUT2D eigenvalue weighted by molar-refractivity contribution is 5.65. The van der Waals surface area contributed by atoms with Gasteiger partial charge in [-0.3, -0.25) is 0 Å². The molecule has 2 rings (SSSR count). The standard InChI is InChI=1S/C12H12O3/c1-13-10-5-3-9(4-6-10)12-11(14-2)7-8-15-12/h3-8H,1-2H3. The first-order chi connectivity index (χ1) is 7.35. The van der Waals surface area contributed by atoms with Gasteiger partial charge in [-0.05, 0) is 24.3 Å². The lowest BCUT2D eigenvalue weighted by Gasteiger charge is -2.03. The van der Waals surface area contributed by atoms with Crippen molar-refractivity contribution in [3.8, 4) is 22.8 Å². The highest BCUT2D eigenvalue weighted by Crippen LogP contribution is 2.31. The van der Waals surface area contributed by atoms with Gasteiger partial charge in [0.05, 0.1) is 20.5 Å². The van der Waals surface area contributed by atoms with E-state index in [0.717, 1.165) is 22.8 Å². The molecule has 78 valence electrons. The minimum absolute atomic E-state index is 0.736. The first kappa shape index (κ1) is 9.65. The van der Waals surface area contributed by atoms with E-state index in [0.29, 0.717) is 0 Å². The number of furan rings is 1. The Bertz CT molecular complexity index is 428. The summed E-state index contributed by atoms with van der Waals surface area (Å²) in [6, 6.07) is 9.43. The summed E-state index contributed by atoms with van der Waals surface area (Å²) in [6.45, 7) is 0. The SMILES string of the molecule is COc1ccc(-c2occc2OC)cc1. The van der Waals surface area contributed by atoms with E-state index in [-0.39, 0.29) is 0 Å². The van der Waals surface area contributed by atoms with E-state index < -0.39 is 0 Å². The molecule has 0 amide bonds. The largest absolute Gasteiger partial charge is 0.497 e. The Kier molecular flexibility index (Phi) is 2.63. The van der Waals surface area contributed by atoms with Crippen molar-refractivity contribution in [2.45, 2.75) is 0 Å². The van der Waals surface area contributed by atoms with Crippen LogP contribution in [-0.4, -0.2) is 14.2 Å². The summed E-state index contributed by atoms with van der Waals surface area (Å²) in [5.41, 5.74) is 0.970. The third kappa shape index (κ3) is 1.81. The summed E-state index contributed by atoms with van der Waals surface area (Å²) >= 11 is 0. The average Bonchev–Trinajstić information content (AvgIpc) is 2.77. The Morgan fingerprint density at radius 2 is 1.67 bits per heavy atom. The minimum Gasteiger partial charge on any atom is -0.497 e. The number of hydrogen-bond acceptors (Lipinski definition) is 3. The molecule has 0 saturated heterocycles. The maximum Gasteiger partial charge on any atom is 0.175 e. The molecule has 0 unspecified atom stereocenters. The summed E-state index contributed by atoms with van der Waals surface area (Å²) < 4.78 is 15.6. The molecule has 0 radical (unpaired) electrons. The lowest BCUT2D eigenvalue weighted by atomic mass is 10.1. The molecule has 3 heteroatoms. The molecule has 15 heavy (non-hydrogen) atoms. The van der Waals surface area contributed by atoms with Crippen LogP contribution in [-0.2, 0) is 0 Å². The minimum atomic E-state index is 0.736. The van der Waals surface area contributed by atoms with Crippen molar-refractivity contribution in [2.24, 2.45) is 0 Å². The monoisotopic (exact) mass is 204 g/mol. The Morgan fingerprint density at radius 1 is 0.933 bits per heavy atom. The van der Waals surface area contributed by atoms with E-state index >= 15 is 0 Å². The van der Waals surface area contributed by atoms with E-state index in [4.69, 9.17) is 13.9 Å². The second-order valence-electron chi connectivity index (χ2n) is 3.05. The van der Waals surface area contributed by atoms with Crippen molar-refractivity contribution in [3.05, 3.63) is 36.6 Å². The molecule has 0 aliphatic carbocycles. The summed E-state index contributed by atoms with van der Waals surface area (Å²) in [5.74, 6) is 2.30. The number of methoxy groups -OCH3 is 2. The van der Waals surface area contributed by atoms with Gasteiger partial charge in [0.25, 0.3) is 0 Å². The summed E-state index contributed by atoms with van der Waals surface area (Å²) in [5, 5.41) is 0. The van der Waals surface area contributed by atoms with Gasteiger partial charge in [-0.1, -0.05) is 0 Å². The van der Waals surface area contributed by atoms with Gasteiger partial charge in [0, 0.05) is 11.6 Å². The zero-order chi connectivity index (χ0) is 10.7. The van der Waals surface area contributed by atoms with Gasteiger partial charge in [-0.2, -0.15) is 0 Å². The van der Waals surface area contributed by atoms with Crippen molar-refractivity contribution < 1.29 is 13.9 Å². The molecular formula is C12H12O3. The van der Waals surface area contributed by atoms with Gasteiger partial charge >= 0.3 is 0 Å². The molecule has 0 saturated carbocycles. The second kappa shape index (κ2) is 4.09. The Labute approximate surface area is 88.2 Å². The highest BCUT2D eigenvalue weighted by atomic mass is 16.5. The maximum atomic E-state index is 5.35. The van der Waals surface area contributed by atoms with Crippen molar-refractivity contribution in [1.29, 1.82) is 0 Å². The molecule has 0 aliphatic rings. The van der Waals surface area contributed by atoms with Crippen molar-refractivity contribution in [2.75, 3.05) is 14.2 Å². The van der Waals surface area contributed by atoms with E-state index in [1.54, 1.807) is 26.5 Å². The molecule has 0 fully saturated rings. The molecule has 1 aromatic carbocycles. The van der Waals surface area contributed by atoms with Crippen LogP contribution in [0, 0.1) is 0 Å². The number of ether oxygens (including phenoxy) is 2. The summed E-state index contributed by atoms with van der Waals surface area (Å²) in [6.07, 6.45) is 1.61. The fraction of sp³-hybridized carbons (Fsp3) is 0.167. The molecule has 0 aliphatic heterocycles. The van der Waals surface area contributed by atoms with E-state index in [2.05, 4.69) is 0 Å². The van der Waals surface area contributed by atoms with Gasteiger partial charge in [0.15, 0.2) is 11.5 Å². The van der Waals surface area contributed by atoms with E-state index in [1.807, 2.05) is 24.3 Å². The van der Waals surface area contributed by atoms with Crippen LogP contribution in [0.5, 0.6) is 11.5 Å². The van der Waals surface area contributed by atoms with Gasteiger partial charge in [0.2, 0.25) is 0 Å². The van der Waals surface area contributed by atoms with Gasteiger partial charge in [0.1, 0.15) is 5.75 Å². The van der Waals surface area contributed by atoms with Gasteiger partial charge < -0.3 is 13.9 Å². The zero-order valence-corrected chi connectivity index (χ0v) is 8.69. The van der Waals surface area contributed by atoms with Crippen molar-refractivity contribution in [3.63, 3.8) is 0 Å². The maximum absolute atomic E-state index is 5.35. The smallest absolute Gasteiger partial charge is 0.175 e. The van der Waals surface area contributed by atoms with Crippen LogP contribution in [0.4, 0.5) is 0 Å². The lowest BCUT2D eigenvalue weighted by Crippen LogP contribution is -1.84. The zero-order valence-electron chi connectivity index (χ0n) is 8.69. The molecule has 0 atom stereocenters. The Hall–Kier alpha value is -1.90. The first-order valence-electron chi connectivity index (χ1n) is 4.61. The topological polar surface area (TPSA) is 31.6 Å². The quantitative estimate of drug-likeness (QED) is 0.770. The normalized spacial score (nSPS) is 10.0. The van der Waals surface area contributed by atoms with Crippen LogP contribution in [0.25, 0.3) is 11.3 Å². The molecule has 0 N–H and O–H groups in total. The molecular weight excluding hydrogens is 192 g/mol. The van der Waals surface area contributed by atoms with E-state index in [9.17, 15) is 0 Å². The predicted molar refractivity (Wildman–Crippen MR) is 57.2 cm³/mol. The van der Waals surface area contributed by atoms with Crippen LogP contribution in [0.15, 0.2) is 41.0 Å². The van der Waals surface area contributed by atoms with Crippen molar-refractivity contribution >= 4 is 0 Å². The molecule has 0 bridgehead atoms. The molecule has 0 spiro atoms. The third-order valence-electron chi connectivity index (χ3n) is 2.20. The van der Waals surface area contributed by atoms with Crippen LogP contribution in [0.3, 0.4) is 0 Å². The summed E-state index contributed by atoms with van der Waals surface area (Å²) in [4.78, 5) is 0. The molecule has 1 heterocycles. The number of hydrogen-bond donors (Lipinski definition) is 0. The fourth-order valence-electron chi connectivity index (χ4n) is 1.41. The molecule has 2 aromatic rings. The van der Waals surface area contributed by atoms with E-state index in [1.165, 1.54) is 0 Å². The van der Waals surface area contributed by atoms with Crippen LogP contribution < -0.4 is 9.47 Å². The van der Waals surface area contributed by atoms with Gasteiger partial charge in [-0.25, -0.2) is 0 Å². The van der Waals surface area contributed by atoms with Crippen molar-refractivity contribution in [1.82, 2.24) is 0 Å². The first-order valence-corrected chi connectivity index (χ1v) is 4.61. The fourth-order valence-corrected chi connectivity index (χ4v) is 1.41. The highest BCUT2D eigenvalue weighted by Gasteiger charge is 2.08. The summed E-state index contributed by atoms with van der Waals surface area (Å²) in [7, 11) is 3.26. The third-order valence-corrected chi connectivity index (χ3v) is 2.20. The number of rotatable bonds is 3. The van der Waals surface area contributed by atoms with Crippen LogP contribution >= 0.6 is 0 Å². The van der Waals surface area contributed by atoms with Crippen LogP contribution in [0.2, 0.25) is 0 Å². The Balaban J connectivity index is 2.37. The second-order valence-corrected chi connectivity index (χ2v) is 3.05. The van der Waals surface area contributed by atoms with Crippen LogP contribution in [0.1, 0.15) is 0 Å². The number of benzene rings is 1. The molecule has 3 nitrogen and oxygen atoms in total.